The molecule has 43 heavy (non-hydrogen) atoms. The molecule has 1 amide bonds. The maximum atomic E-state index is 13.6. The lowest BCUT2D eigenvalue weighted by molar-refractivity contribution is -0.141. The summed E-state index contributed by atoms with van der Waals surface area (Å²) in [5.74, 6) is 0.279. The van der Waals surface area contributed by atoms with Crippen LogP contribution in [-0.2, 0) is 9.53 Å². The fourth-order valence-corrected chi connectivity index (χ4v) is 6.55. The monoisotopic (exact) mass is 586 g/mol. The number of hydrogen-bond acceptors (Lipinski definition) is 10. The molecule has 2 aliphatic carbocycles. The summed E-state index contributed by atoms with van der Waals surface area (Å²) in [6.45, 7) is 0.210. The molecule has 3 aromatic rings. The van der Waals surface area contributed by atoms with Gasteiger partial charge in [0.05, 0.1) is 52.1 Å². The number of rotatable bonds is 7. The molecule has 0 bridgehead atoms. The van der Waals surface area contributed by atoms with Gasteiger partial charge in [0.2, 0.25) is 12.5 Å². The minimum atomic E-state index is -0.615. The predicted molar refractivity (Wildman–Crippen MR) is 151 cm³/mol. The quantitative estimate of drug-likeness (QED) is 0.410. The van der Waals surface area contributed by atoms with E-state index in [-0.39, 0.29) is 37.0 Å². The van der Waals surface area contributed by atoms with Crippen molar-refractivity contribution < 1.29 is 38.0 Å². The first-order valence-electron chi connectivity index (χ1n) is 14.0. The second kappa shape index (κ2) is 10.7. The number of esters is 1. The van der Waals surface area contributed by atoms with Gasteiger partial charge in [0.25, 0.3) is 5.91 Å². The molecule has 0 radical (unpaired) electrons. The molecule has 1 fully saturated rings. The SMILES string of the molecule is COc1cc([C@@H]2c3cc4c(cc3[C@@H](NC(=O)c3cn(C5C=CC=CC5)nn3)[C@H]3COC(=O)[C@H]23)OCO4)cc(OC)c1OC. The number of amides is 1. The van der Waals surface area contributed by atoms with Gasteiger partial charge in [-0.25, -0.2) is 4.68 Å². The van der Waals surface area contributed by atoms with Crippen LogP contribution in [0.25, 0.3) is 0 Å². The standard InChI is InChI=1S/C31H30N4O8/c1-38-24-9-16(10-25(39-2)29(24)40-3)26-18-11-22-23(43-15-42-22)12-19(18)28(20-14-41-31(37)27(20)26)32-30(36)21-13-35(34-33-21)17-7-5-4-6-8-17/h4-7,9-13,17,20,26-28H,8,14-15H2,1-3H3,(H,32,36)/t17?,20-,26+,27-,28+/m0/s1. The van der Waals surface area contributed by atoms with E-state index in [2.05, 4.69) is 15.6 Å². The lowest BCUT2D eigenvalue weighted by atomic mass is 9.65. The van der Waals surface area contributed by atoms with Gasteiger partial charge >= 0.3 is 5.97 Å². The summed E-state index contributed by atoms with van der Waals surface area (Å²) in [4.78, 5) is 27.1. The van der Waals surface area contributed by atoms with Crippen LogP contribution in [0.2, 0.25) is 0 Å². The van der Waals surface area contributed by atoms with Crippen LogP contribution in [0.3, 0.4) is 0 Å². The van der Waals surface area contributed by atoms with E-state index in [9.17, 15) is 9.59 Å². The molecule has 3 heterocycles. The average Bonchev–Trinajstić information content (AvgIpc) is 3.80. The van der Waals surface area contributed by atoms with Crippen molar-refractivity contribution in [1.82, 2.24) is 20.3 Å². The Labute approximate surface area is 247 Å². The third-order valence-electron chi connectivity index (χ3n) is 8.56. The molecule has 4 aliphatic rings. The third kappa shape index (κ3) is 4.44. The van der Waals surface area contributed by atoms with Gasteiger partial charge in [-0.1, -0.05) is 29.5 Å². The van der Waals surface area contributed by atoms with Crippen LogP contribution < -0.4 is 29.0 Å². The molecule has 1 aromatic heterocycles. The van der Waals surface area contributed by atoms with E-state index in [0.717, 1.165) is 23.1 Å². The fourth-order valence-electron chi connectivity index (χ4n) is 6.55. The molecule has 0 saturated carbocycles. The number of hydrogen-bond donors (Lipinski definition) is 1. The summed E-state index contributed by atoms with van der Waals surface area (Å²) in [6.07, 6.45) is 10.4. The van der Waals surface area contributed by atoms with Crippen LogP contribution in [0, 0.1) is 11.8 Å². The molecule has 222 valence electrons. The van der Waals surface area contributed by atoms with E-state index >= 15 is 0 Å². The van der Waals surface area contributed by atoms with E-state index < -0.39 is 23.8 Å². The van der Waals surface area contributed by atoms with Gasteiger partial charge in [-0.15, -0.1) is 5.10 Å². The Morgan fingerprint density at radius 1 is 0.977 bits per heavy atom. The minimum absolute atomic E-state index is 0.0151. The molecule has 1 N–H and O–H groups in total. The van der Waals surface area contributed by atoms with Crippen molar-refractivity contribution in [3.05, 3.63) is 77.2 Å². The number of cyclic esters (lactones) is 1. The molecular weight excluding hydrogens is 556 g/mol. The minimum Gasteiger partial charge on any atom is -0.493 e. The highest BCUT2D eigenvalue weighted by atomic mass is 16.7. The van der Waals surface area contributed by atoms with Crippen LogP contribution in [0.1, 0.15) is 51.6 Å². The van der Waals surface area contributed by atoms with Crippen molar-refractivity contribution in [2.24, 2.45) is 11.8 Å². The normalized spacial score (nSPS) is 24.6. The molecule has 2 aliphatic heterocycles. The number of carbonyl (C=O) groups is 2. The first kappa shape index (κ1) is 26.9. The Balaban J connectivity index is 1.31. The summed E-state index contributed by atoms with van der Waals surface area (Å²) < 4.78 is 35.6. The van der Waals surface area contributed by atoms with Gasteiger partial charge in [0.15, 0.2) is 28.7 Å². The molecular formula is C31H30N4O8. The molecule has 2 aromatic carbocycles. The van der Waals surface area contributed by atoms with Crippen molar-refractivity contribution in [2.45, 2.75) is 24.4 Å². The first-order chi connectivity index (χ1) is 21.0. The van der Waals surface area contributed by atoms with E-state index in [4.69, 9.17) is 28.4 Å². The Bertz CT molecular complexity index is 1640. The highest BCUT2D eigenvalue weighted by Gasteiger charge is 2.53. The first-order valence-corrected chi connectivity index (χ1v) is 14.0. The zero-order valence-corrected chi connectivity index (χ0v) is 23.8. The zero-order chi connectivity index (χ0) is 29.7. The van der Waals surface area contributed by atoms with E-state index in [1.54, 1.807) is 25.1 Å². The number of aromatic nitrogens is 3. The van der Waals surface area contributed by atoms with Gasteiger partial charge in [0, 0.05) is 11.8 Å². The van der Waals surface area contributed by atoms with E-state index in [1.807, 2.05) is 48.6 Å². The Morgan fingerprint density at radius 2 is 1.72 bits per heavy atom. The van der Waals surface area contributed by atoms with Crippen molar-refractivity contribution >= 4 is 11.9 Å². The number of fused-ring (bicyclic) bond motifs is 3. The largest absolute Gasteiger partial charge is 0.493 e. The topological polar surface area (TPSA) is 132 Å². The molecule has 1 unspecified atom stereocenters. The number of ether oxygens (including phenoxy) is 6. The lowest BCUT2D eigenvalue weighted by Crippen LogP contribution is -2.43. The van der Waals surface area contributed by atoms with Crippen molar-refractivity contribution in [1.29, 1.82) is 0 Å². The highest BCUT2D eigenvalue weighted by molar-refractivity contribution is 5.92. The Morgan fingerprint density at radius 3 is 2.40 bits per heavy atom. The summed E-state index contributed by atoms with van der Waals surface area (Å²) >= 11 is 0. The zero-order valence-electron chi connectivity index (χ0n) is 23.8. The Kier molecular flexibility index (Phi) is 6.68. The second-order valence-corrected chi connectivity index (χ2v) is 10.7. The third-order valence-corrected chi connectivity index (χ3v) is 8.56. The average molecular weight is 587 g/mol. The maximum absolute atomic E-state index is 13.6. The number of allylic oxidation sites excluding steroid dienone is 4. The van der Waals surface area contributed by atoms with Gasteiger partial charge in [-0.05, 0) is 47.4 Å². The van der Waals surface area contributed by atoms with Gasteiger partial charge < -0.3 is 33.7 Å². The van der Waals surface area contributed by atoms with E-state index in [0.29, 0.717) is 28.7 Å². The summed E-state index contributed by atoms with van der Waals surface area (Å²) in [6, 6.07) is 6.85. The van der Waals surface area contributed by atoms with Crippen molar-refractivity contribution in [3.8, 4) is 28.7 Å². The number of methoxy groups -OCH3 is 3. The maximum Gasteiger partial charge on any atom is 0.310 e. The van der Waals surface area contributed by atoms with Gasteiger partial charge in [-0.2, -0.15) is 0 Å². The molecule has 12 heteroatoms. The van der Waals surface area contributed by atoms with Gasteiger partial charge in [0.1, 0.15) is 0 Å². The molecule has 1 saturated heterocycles. The van der Waals surface area contributed by atoms with Crippen LogP contribution >= 0.6 is 0 Å². The Hall–Kier alpha value is -5.00. The van der Waals surface area contributed by atoms with Crippen LogP contribution in [-0.4, -0.2) is 61.6 Å². The van der Waals surface area contributed by atoms with Crippen LogP contribution in [0.5, 0.6) is 28.7 Å². The van der Waals surface area contributed by atoms with Crippen molar-refractivity contribution in [2.75, 3.05) is 34.7 Å². The van der Waals surface area contributed by atoms with Crippen molar-refractivity contribution in [3.63, 3.8) is 0 Å². The fraction of sp³-hybridized carbons (Fsp3) is 0.355. The lowest BCUT2D eigenvalue weighted by Gasteiger charge is -2.39. The predicted octanol–water partition coefficient (Wildman–Crippen LogP) is 3.50. The molecule has 12 nitrogen and oxygen atoms in total. The number of carbonyl (C=O) groups excluding carboxylic acids is 2. The molecule has 5 atom stereocenters. The summed E-state index contributed by atoms with van der Waals surface area (Å²) in [5.41, 5.74) is 2.54. The molecule has 7 rings (SSSR count). The number of nitrogens with one attached hydrogen (secondary N) is 1. The second-order valence-electron chi connectivity index (χ2n) is 10.7. The number of nitrogens with zero attached hydrogens (tertiary/aromatic N) is 3. The summed E-state index contributed by atoms with van der Waals surface area (Å²) in [7, 11) is 4.63. The van der Waals surface area contributed by atoms with Crippen LogP contribution in [0.15, 0.2) is 54.8 Å². The van der Waals surface area contributed by atoms with Gasteiger partial charge in [-0.3, -0.25) is 9.59 Å². The van der Waals surface area contributed by atoms with Crippen LogP contribution in [0.4, 0.5) is 0 Å². The van der Waals surface area contributed by atoms with E-state index in [1.165, 1.54) is 7.11 Å². The molecule has 0 spiro atoms. The number of benzene rings is 2. The highest BCUT2D eigenvalue weighted by Crippen LogP contribution is 2.55. The summed E-state index contributed by atoms with van der Waals surface area (Å²) in [5, 5.41) is 11.5. The smallest absolute Gasteiger partial charge is 0.310 e.